The Labute approximate surface area is 188 Å². The highest BCUT2D eigenvalue weighted by atomic mass is 35.7. The number of rotatable bonds is 4. The van der Waals surface area contributed by atoms with Gasteiger partial charge < -0.3 is 4.74 Å². The van der Waals surface area contributed by atoms with E-state index in [0.717, 1.165) is 12.1 Å². The Morgan fingerprint density at radius 2 is 1.68 bits per heavy atom. The van der Waals surface area contributed by atoms with Crippen LogP contribution in [0.5, 0.6) is 5.75 Å². The highest BCUT2D eigenvalue weighted by Gasteiger charge is 2.59. The van der Waals surface area contributed by atoms with Crippen molar-refractivity contribution in [2.45, 2.75) is 28.9 Å². The summed E-state index contributed by atoms with van der Waals surface area (Å²) in [5, 5.41) is 0.327. The fourth-order valence-corrected chi connectivity index (χ4v) is 8.75. The topological polar surface area (TPSA) is 77.5 Å². The molecule has 1 fully saturated rings. The zero-order chi connectivity index (χ0) is 22.6. The molecular weight excluding hydrogens is 493 g/mol. The summed E-state index contributed by atoms with van der Waals surface area (Å²) in [4.78, 5) is -0.0816. The minimum Gasteiger partial charge on any atom is -0.490 e. The fourth-order valence-electron chi connectivity index (χ4n) is 4.86. The average molecular weight is 511 g/mol. The van der Waals surface area contributed by atoms with Gasteiger partial charge in [-0.3, -0.25) is 0 Å². The lowest BCUT2D eigenvalue weighted by Crippen LogP contribution is -2.52. The third kappa shape index (κ3) is 3.83. The van der Waals surface area contributed by atoms with Crippen LogP contribution in [0.2, 0.25) is 5.02 Å². The van der Waals surface area contributed by atoms with Gasteiger partial charge >= 0.3 is 0 Å². The van der Waals surface area contributed by atoms with Crippen molar-refractivity contribution in [3.8, 4) is 5.75 Å². The number of hydrogen-bond donors (Lipinski definition) is 0. The van der Waals surface area contributed by atoms with Gasteiger partial charge in [0.1, 0.15) is 10.6 Å². The molecule has 3 atom stereocenters. The second kappa shape index (κ2) is 7.86. The van der Waals surface area contributed by atoms with Crippen LogP contribution < -0.4 is 4.74 Å². The SMILES string of the molecule is O=S(=O)(Cl)C[C@@H]1CC[C@@]2(S(=O)(=O)c3ccc(Cl)cc3)c3c(F)ccc(F)c3OC[C@H]2C1. The highest BCUT2D eigenvalue weighted by Crippen LogP contribution is 2.57. The molecule has 2 aliphatic rings. The molecule has 0 saturated heterocycles. The maximum Gasteiger partial charge on any atom is 0.232 e. The van der Waals surface area contributed by atoms with Gasteiger partial charge in [0.15, 0.2) is 21.4 Å². The molecular formula is C20H18Cl2F2O5S2. The standard InChI is InChI=1S/C20H18Cl2F2O5S2/c21-14-1-3-15(4-2-14)31(27,28)20-8-7-12(11-30(22,25)26)9-13(20)10-29-19-17(24)6-5-16(23)18(19)20/h1-6,12-13H,7-11H2/t12-,13-,20+/m1/s1. The van der Waals surface area contributed by atoms with Crippen LogP contribution in [0.1, 0.15) is 24.8 Å². The minimum absolute atomic E-state index is 0.0816. The van der Waals surface area contributed by atoms with Gasteiger partial charge in [-0.15, -0.1) is 0 Å². The molecule has 0 unspecified atom stereocenters. The van der Waals surface area contributed by atoms with E-state index in [0.29, 0.717) is 5.02 Å². The third-order valence-corrected chi connectivity index (χ3v) is 10.2. The molecule has 2 aromatic rings. The third-order valence-electron chi connectivity index (χ3n) is 6.15. The number of ether oxygens (including phenoxy) is 1. The first-order valence-corrected chi connectivity index (χ1v) is 13.8. The van der Waals surface area contributed by atoms with Crippen LogP contribution in [0.4, 0.5) is 8.78 Å². The number of halogens is 4. The van der Waals surface area contributed by atoms with Gasteiger partial charge in [0.2, 0.25) is 9.05 Å². The van der Waals surface area contributed by atoms with Crippen LogP contribution >= 0.6 is 22.3 Å². The van der Waals surface area contributed by atoms with Crippen LogP contribution in [0, 0.1) is 23.5 Å². The van der Waals surface area contributed by atoms with E-state index in [1.54, 1.807) is 0 Å². The smallest absolute Gasteiger partial charge is 0.232 e. The van der Waals surface area contributed by atoms with E-state index in [4.69, 9.17) is 27.0 Å². The molecule has 0 N–H and O–H groups in total. The second-order valence-electron chi connectivity index (χ2n) is 7.93. The second-order valence-corrected chi connectivity index (χ2v) is 13.4. The van der Waals surface area contributed by atoms with E-state index in [9.17, 15) is 21.2 Å². The van der Waals surface area contributed by atoms with Crippen molar-refractivity contribution in [3.05, 3.63) is 58.6 Å². The van der Waals surface area contributed by atoms with Gasteiger partial charge in [-0.2, -0.15) is 0 Å². The van der Waals surface area contributed by atoms with Crippen LogP contribution in [-0.2, 0) is 23.6 Å². The zero-order valence-electron chi connectivity index (χ0n) is 16.0. The van der Waals surface area contributed by atoms with Crippen LogP contribution in [0.25, 0.3) is 0 Å². The van der Waals surface area contributed by atoms with E-state index in [1.165, 1.54) is 24.3 Å². The summed E-state index contributed by atoms with van der Waals surface area (Å²) in [7, 11) is -2.66. The Balaban J connectivity index is 1.92. The molecule has 1 aliphatic heterocycles. The van der Waals surface area contributed by atoms with Crippen molar-refractivity contribution in [2.24, 2.45) is 11.8 Å². The van der Waals surface area contributed by atoms with Gasteiger partial charge in [0.05, 0.1) is 22.8 Å². The maximum atomic E-state index is 15.1. The van der Waals surface area contributed by atoms with E-state index in [1.807, 2.05) is 0 Å². The lowest BCUT2D eigenvalue weighted by atomic mass is 9.69. The fraction of sp³-hybridized carbons (Fsp3) is 0.400. The van der Waals surface area contributed by atoms with Gasteiger partial charge in [0.25, 0.3) is 0 Å². The van der Waals surface area contributed by atoms with Crippen molar-refractivity contribution in [2.75, 3.05) is 12.4 Å². The van der Waals surface area contributed by atoms with Crippen molar-refractivity contribution in [3.63, 3.8) is 0 Å². The Morgan fingerprint density at radius 1 is 1.03 bits per heavy atom. The molecule has 2 aromatic carbocycles. The molecule has 1 heterocycles. The van der Waals surface area contributed by atoms with E-state index in [2.05, 4.69) is 0 Å². The summed E-state index contributed by atoms with van der Waals surface area (Å²) in [5.41, 5.74) is -0.342. The summed E-state index contributed by atoms with van der Waals surface area (Å²) in [6.07, 6.45) is 0.176. The number of hydrogen-bond acceptors (Lipinski definition) is 5. The molecule has 0 radical (unpaired) electrons. The van der Waals surface area contributed by atoms with Gasteiger partial charge in [-0.1, -0.05) is 11.6 Å². The molecule has 0 bridgehead atoms. The number of sulfone groups is 1. The number of benzene rings is 2. The van der Waals surface area contributed by atoms with Crippen molar-refractivity contribution in [1.29, 1.82) is 0 Å². The molecule has 1 aliphatic carbocycles. The molecule has 5 nitrogen and oxygen atoms in total. The van der Waals surface area contributed by atoms with Crippen LogP contribution in [0.15, 0.2) is 41.3 Å². The average Bonchev–Trinajstić information content (AvgIpc) is 2.69. The monoisotopic (exact) mass is 510 g/mol. The Kier molecular flexibility index (Phi) is 5.77. The van der Waals surface area contributed by atoms with Gasteiger partial charge in [-0.05, 0) is 61.6 Å². The summed E-state index contributed by atoms with van der Waals surface area (Å²) < 4.78 is 84.3. The quantitative estimate of drug-likeness (QED) is 0.558. The Morgan fingerprint density at radius 3 is 2.32 bits per heavy atom. The van der Waals surface area contributed by atoms with E-state index in [-0.39, 0.29) is 42.1 Å². The van der Waals surface area contributed by atoms with Crippen molar-refractivity contribution in [1.82, 2.24) is 0 Å². The molecule has 0 aromatic heterocycles. The molecule has 0 amide bonds. The van der Waals surface area contributed by atoms with E-state index >= 15 is 4.39 Å². The van der Waals surface area contributed by atoms with E-state index < -0.39 is 52.9 Å². The Hall–Kier alpha value is -1.42. The summed E-state index contributed by atoms with van der Waals surface area (Å²) >= 11 is 5.90. The lowest BCUT2D eigenvalue weighted by Gasteiger charge is -2.49. The van der Waals surface area contributed by atoms with Crippen LogP contribution in [-0.4, -0.2) is 29.2 Å². The van der Waals surface area contributed by atoms with Crippen molar-refractivity contribution < 1.29 is 30.4 Å². The lowest BCUT2D eigenvalue weighted by molar-refractivity contribution is 0.103. The molecule has 31 heavy (non-hydrogen) atoms. The Bertz CT molecular complexity index is 1230. The first kappa shape index (κ1) is 22.8. The predicted octanol–water partition coefficient (Wildman–Crippen LogP) is 4.66. The largest absolute Gasteiger partial charge is 0.490 e. The van der Waals surface area contributed by atoms with Gasteiger partial charge in [0, 0.05) is 21.6 Å². The molecule has 1 saturated carbocycles. The van der Waals surface area contributed by atoms with Crippen LogP contribution in [0.3, 0.4) is 0 Å². The first-order chi connectivity index (χ1) is 14.5. The predicted molar refractivity (Wildman–Crippen MR) is 113 cm³/mol. The zero-order valence-corrected chi connectivity index (χ0v) is 19.2. The molecule has 168 valence electrons. The highest BCUT2D eigenvalue weighted by molar-refractivity contribution is 8.13. The molecule has 11 heteroatoms. The molecule has 0 spiro atoms. The van der Waals surface area contributed by atoms with Gasteiger partial charge in [-0.25, -0.2) is 25.6 Å². The summed E-state index contributed by atoms with van der Waals surface area (Å²) in [6, 6.07) is 7.25. The minimum atomic E-state index is -4.25. The summed E-state index contributed by atoms with van der Waals surface area (Å²) in [5.74, 6) is -3.72. The normalized spacial score (nSPS) is 25.9. The molecule has 4 rings (SSSR count). The first-order valence-electron chi connectivity index (χ1n) is 9.49. The number of fused-ring (bicyclic) bond motifs is 3. The summed E-state index contributed by atoms with van der Waals surface area (Å²) in [6.45, 7) is -0.195. The maximum absolute atomic E-state index is 15.1. The van der Waals surface area contributed by atoms with Crippen molar-refractivity contribution >= 4 is 41.2 Å².